The van der Waals surface area contributed by atoms with E-state index in [1.54, 1.807) is 26.0 Å². The number of carbonyl (C=O) groups is 1. The Morgan fingerprint density at radius 3 is 2.17 bits per heavy atom. The molecule has 0 bridgehead atoms. The molecule has 100 valence electrons. The summed E-state index contributed by atoms with van der Waals surface area (Å²) in [5.74, 6) is -4.21. The highest BCUT2D eigenvalue weighted by Crippen LogP contribution is 2.27. The maximum Gasteiger partial charge on any atom is 0.405 e. The Kier molecular flexibility index (Phi) is 4.21. The highest BCUT2D eigenvalue weighted by molar-refractivity contribution is 5.71. The fraction of sp³-hybridized carbons (Fsp3) is 0.417. The van der Waals surface area contributed by atoms with Crippen molar-refractivity contribution in [1.29, 1.82) is 0 Å². The van der Waals surface area contributed by atoms with Gasteiger partial charge in [0.05, 0.1) is 0 Å². The smallest absolute Gasteiger partial charge is 0.405 e. The van der Waals surface area contributed by atoms with E-state index in [4.69, 9.17) is 9.84 Å². The number of rotatable bonds is 4. The SMILES string of the molecule is Cc1cc(C)cc(OCC(C(=O)O)C(F)(F)F)c1. The molecule has 1 rings (SSSR count). The zero-order valence-electron chi connectivity index (χ0n) is 9.91. The minimum absolute atomic E-state index is 0.239. The van der Waals surface area contributed by atoms with E-state index < -0.39 is 24.7 Å². The molecule has 0 fully saturated rings. The quantitative estimate of drug-likeness (QED) is 0.907. The first-order chi connectivity index (χ1) is 8.20. The van der Waals surface area contributed by atoms with Gasteiger partial charge in [-0.25, -0.2) is 0 Å². The number of hydrogen-bond donors (Lipinski definition) is 1. The normalized spacial score (nSPS) is 13.2. The lowest BCUT2D eigenvalue weighted by atomic mass is 10.1. The van der Waals surface area contributed by atoms with Gasteiger partial charge in [0.2, 0.25) is 0 Å². The number of ether oxygens (including phenoxy) is 1. The van der Waals surface area contributed by atoms with Gasteiger partial charge in [-0.1, -0.05) is 6.07 Å². The minimum Gasteiger partial charge on any atom is -0.492 e. The molecule has 0 saturated carbocycles. The fourth-order valence-electron chi connectivity index (χ4n) is 1.50. The zero-order valence-corrected chi connectivity index (χ0v) is 9.91. The highest BCUT2D eigenvalue weighted by atomic mass is 19.4. The van der Waals surface area contributed by atoms with E-state index in [-0.39, 0.29) is 5.75 Å². The Bertz CT molecular complexity index is 420. The van der Waals surface area contributed by atoms with Gasteiger partial charge in [-0.2, -0.15) is 13.2 Å². The standard InChI is InChI=1S/C12H13F3O3/c1-7-3-8(2)5-9(4-7)18-6-10(11(16)17)12(13,14)15/h3-5,10H,6H2,1-2H3,(H,16,17). The van der Waals surface area contributed by atoms with Crippen molar-refractivity contribution in [3.8, 4) is 5.75 Å². The lowest BCUT2D eigenvalue weighted by molar-refractivity contribution is -0.198. The van der Waals surface area contributed by atoms with Gasteiger partial charge in [-0.05, 0) is 37.1 Å². The van der Waals surface area contributed by atoms with Gasteiger partial charge in [0, 0.05) is 0 Å². The topological polar surface area (TPSA) is 46.5 Å². The molecule has 0 aliphatic heterocycles. The number of carboxylic acids is 1. The predicted molar refractivity (Wildman–Crippen MR) is 58.6 cm³/mol. The van der Waals surface area contributed by atoms with Crippen LogP contribution < -0.4 is 4.74 Å². The number of benzene rings is 1. The van der Waals surface area contributed by atoms with Gasteiger partial charge < -0.3 is 9.84 Å². The summed E-state index contributed by atoms with van der Waals surface area (Å²) in [6, 6.07) is 4.95. The van der Waals surface area contributed by atoms with Crippen LogP contribution in [-0.4, -0.2) is 23.9 Å². The van der Waals surface area contributed by atoms with E-state index in [2.05, 4.69) is 0 Å². The fourth-order valence-corrected chi connectivity index (χ4v) is 1.50. The summed E-state index contributed by atoms with van der Waals surface area (Å²) >= 11 is 0. The van der Waals surface area contributed by atoms with Gasteiger partial charge >= 0.3 is 12.1 Å². The second kappa shape index (κ2) is 5.29. The van der Waals surface area contributed by atoms with Gasteiger partial charge in [-0.3, -0.25) is 4.79 Å². The molecule has 0 spiro atoms. The van der Waals surface area contributed by atoms with Crippen molar-refractivity contribution >= 4 is 5.97 Å². The third-order valence-electron chi connectivity index (χ3n) is 2.31. The molecular weight excluding hydrogens is 249 g/mol. The highest BCUT2D eigenvalue weighted by Gasteiger charge is 2.45. The van der Waals surface area contributed by atoms with Crippen molar-refractivity contribution in [2.75, 3.05) is 6.61 Å². The average Bonchev–Trinajstić information content (AvgIpc) is 2.12. The molecule has 0 radical (unpaired) electrons. The number of halogens is 3. The molecule has 1 unspecified atom stereocenters. The van der Waals surface area contributed by atoms with Gasteiger partial charge in [0.15, 0.2) is 5.92 Å². The Balaban J connectivity index is 2.76. The predicted octanol–water partition coefficient (Wildman–Crippen LogP) is 2.95. The number of aliphatic carboxylic acids is 1. The van der Waals surface area contributed by atoms with Crippen LogP contribution in [0.1, 0.15) is 11.1 Å². The van der Waals surface area contributed by atoms with Crippen LogP contribution in [0.3, 0.4) is 0 Å². The summed E-state index contributed by atoms with van der Waals surface area (Å²) in [6.07, 6.45) is -4.81. The van der Waals surface area contributed by atoms with E-state index in [1.165, 1.54) is 0 Å². The molecule has 0 amide bonds. The van der Waals surface area contributed by atoms with Crippen LogP contribution in [0.5, 0.6) is 5.75 Å². The van der Waals surface area contributed by atoms with E-state index in [0.29, 0.717) is 0 Å². The maximum absolute atomic E-state index is 12.4. The van der Waals surface area contributed by atoms with Crippen LogP contribution in [0.4, 0.5) is 13.2 Å². The number of hydrogen-bond acceptors (Lipinski definition) is 2. The van der Waals surface area contributed by atoms with Crippen LogP contribution in [-0.2, 0) is 4.79 Å². The largest absolute Gasteiger partial charge is 0.492 e. The monoisotopic (exact) mass is 262 g/mol. The van der Waals surface area contributed by atoms with Crippen molar-refractivity contribution in [2.45, 2.75) is 20.0 Å². The lowest BCUT2D eigenvalue weighted by Gasteiger charge is -2.17. The van der Waals surface area contributed by atoms with Crippen LogP contribution in [0.25, 0.3) is 0 Å². The Labute approximate surface area is 102 Å². The van der Waals surface area contributed by atoms with E-state index in [1.807, 2.05) is 6.07 Å². The first-order valence-electron chi connectivity index (χ1n) is 5.21. The van der Waals surface area contributed by atoms with E-state index in [9.17, 15) is 18.0 Å². The van der Waals surface area contributed by atoms with Crippen molar-refractivity contribution in [3.05, 3.63) is 29.3 Å². The molecular formula is C12H13F3O3. The Morgan fingerprint density at radius 2 is 1.78 bits per heavy atom. The number of alkyl halides is 3. The van der Waals surface area contributed by atoms with Gasteiger partial charge in [-0.15, -0.1) is 0 Å². The van der Waals surface area contributed by atoms with Crippen LogP contribution >= 0.6 is 0 Å². The third kappa shape index (κ3) is 3.94. The summed E-state index contributed by atoms with van der Waals surface area (Å²) in [7, 11) is 0. The van der Waals surface area contributed by atoms with Gasteiger partial charge in [0.25, 0.3) is 0 Å². The molecule has 6 heteroatoms. The lowest BCUT2D eigenvalue weighted by Crippen LogP contribution is -2.35. The van der Waals surface area contributed by atoms with E-state index >= 15 is 0 Å². The summed E-state index contributed by atoms with van der Waals surface area (Å²) in [5.41, 5.74) is 1.67. The summed E-state index contributed by atoms with van der Waals surface area (Å²) in [6.45, 7) is 2.62. The summed E-state index contributed by atoms with van der Waals surface area (Å²) in [5, 5.41) is 8.50. The van der Waals surface area contributed by atoms with Crippen molar-refractivity contribution in [3.63, 3.8) is 0 Å². The van der Waals surface area contributed by atoms with Crippen LogP contribution in [0, 0.1) is 19.8 Å². The second-order valence-corrected chi connectivity index (χ2v) is 4.07. The van der Waals surface area contributed by atoms with Crippen molar-refractivity contribution in [2.24, 2.45) is 5.92 Å². The molecule has 1 aromatic rings. The summed E-state index contributed by atoms with van der Waals surface area (Å²) in [4.78, 5) is 10.5. The number of aryl methyl sites for hydroxylation is 2. The molecule has 18 heavy (non-hydrogen) atoms. The first-order valence-corrected chi connectivity index (χ1v) is 5.21. The molecule has 1 N–H and O–H groups in total. The van der Waals surface area contributed by atoms with Crippen molar-refractivity contribution < 1.29 is 27.8 Å². The first kappa shape index (κ1) is 14.3. The molecule has 0 aliphatic carbocycles. The summed E-state index contributed by atoms with van der Waals surface area (Å²) < 4.78 is 42.0. The molecule has 1 aromatic carbocycles. The molecule has 0 heterocycles. The van der Waals surface area contributed by atoms with Gasteiger partial charge in [0.1, 0.15) is 12.4 Å². The molecule has 0 aliphatic rings. The average molecular weight is 262 g/mol. The molecule has 3 nitrogen and oxygen atoms in total. The van der Waals surface area contributed by atoms with Crippen LogP contribution in [0.15, 0.2) is 18.2 Å². The second-order valence-electron chi connectivity index (χ2n) is 4.07. The Hall–Kier alpha value is -1.72. The Morgan fingerprint density at radius 1 is 1.28 bits per heavy atom. The van der Waals surface area contributed by atoms with Crippen LogP contribution in [0.2, 0.25) is 0 Å². The third-order valence-corrected chi connectivity index (χ3v) is 2.31. The minimum atomic E-state index is -4.81. The van der Waals surface area contributed by atoms with Crippen molar-refractivity contribution in [1.82, 2.24) is 0 Å². The maximum atomic E-state index is 12.4. The molecule has 1 atom stereocenters. The molecule has 0 saturated heterocycles. The number of carboxylic acid groups (broad SMARTS) is 1. The van der Waals surface area contributed by atoms with E-state index in [0.717, 1.165) is 11.1 Å². The zero-order chi connectivity index (χ0) is 13.9. The molecule has 0 aromatic heterocycles.